The Kier molecular flexibility index (Phi) is 6.74. The number of rotatable bonds is 7. The van der Waals surface area contributed by atoms with Gasteiger partial charge in [0.2, 0.25) is 0 Å². The number of hydrogen-bond donors (Lipinski definition) is 1. The molecule has 1 aromatic carbocycles. The molecule has 0 saturated carbocycles. The number of esters is 1. The normalized spacial score (nSPS) is 15.6. The third-order valence-corrected chi connectivity index (χ3v) is 4.52. The quantitative estimate of drug-likeness (QED) is 0.604. The van der Waals surface area contributed by atoms with Gasteiger partial charge in [-0.3, -0.25) is 4.90 Å². The molecule has 0 bridgehead atoms. The second-order valence-electron chi connectivity index (χ2n) is 6.55. The minimum Gasteiger partial charge on any atom is -0.462 e. The van der Waals surface area contributed by atoms with E-state index in [-0.39, 0.29) is 5.97 Å². The first kappa shape index (κ1) is 18.5. The van der Waals surface area contributed by atoms with Crippen molar-refractivity contribution in [3.05, 3.63) is 41.7 Å². The van der Waals surface area contributed by atoms with Crippen LogP contribution < -0.4 is 5.32 Å². The van der Waals surface area contributed by atoms with E-state index in [4.69, 9.17) is 4.74 Å². The summed E-state index contributed by atoms with van der Waals surface area (Å²) in [6, 6.07) is 7.34. The molecule has 0 radical (unpaired) electrons. The van der Waals surface area contributed by atoms with Gasteiger partial charge in [0.1, 0.15) is 0 Å². The third kappa shape index (κ3) is 4.89. The Labute approximate surface area is 154 Å². The van der Waals surface area contributed by atoms with Crippen molar-refractivity contribution in [3.8, 4) is 5.69 Å². The Hall–Kier alpha value is -2.25. The summed E-state index contributed by atoms with van der Waals surface area (Å²) in [5.74, 6) is -0.277. The largest absolute Gasteiger partial charge is 0.462 e. The predicted molar refractivity (Wildman–Crippen MR) is 99.3 cm³/mol. The standard InChI is InChI=1S/C19H27N5O2/c1-2-3-13-26-19(25)16-5-7-17(8-6-16)24-18(14-21-22-24)15-23-11-4-9-20-10-12-23/h5-8,14,20H,2-4,9-13,15H2,1H3. The lowest BCUT2D eigenvalue weighted by molar-refractivity contribution is 0.0500. The summed E-state index contributed by atoms with van der Waals surface area (Å²) in [6.07, 6.45) is 4.86. The first-order chi connectivity index (χ1) is 12.8. The van der Waals surface area contributed by atoms with Crippen LogP contribution in [0.4, 0.5) is 0 Å². The minimum atomic E-state index is -0.277. The fourth-order valence-corrected chi connectivity index (χ4v) is 3.00. The SMILES string of the molecule is CCCCOC(=O)c1ccc(-n2nncc2CN2CCCNCC2)cc1. The smallest absolute Gasteiger partial charge is 0.338 e. The number of carbonyl (C=O) groups is 1. The molecule has 1 fully saturated rings. The van der Waals surface area contributed by atoms with Gasteiger partial charge in [-0.25, -0.2) is 9.48 Å². The van der Waals surface area contributed by atoms with E-state index in [9.17, 15) is 4.79 Å². The zero-order chi connectivity index (χ0) is 18.2. The molecular formula is C19H27N5O2. The first-order valence-corrected chi connectivity index (χ1v) is 9.38. The van der Waals surface area contributed by atoms with Gasteiger partial charge in [-0.2, -0.15) is 0 Å². The molecule has 0 amide bonds. The molecule has 0 aliphatic carbocycles. The molecule has 0 unspecified atom stereocenters. The van der Waals surface area contributed by atoms with Crippen molar-refractivity contribution in [2.24, 2.45) is 0 Å². The number of nitrogens with one attached hydrogen (secondary N) is 1. The van der Waals surface area contributed by atoms with Crippen LogP contribution in [0.15, 0.2) is 30.5 Å². The van der Waals surface area contributed by atoms with Gasteiger partial charge in [0.15, 0.2) is 0 Å². The lowest BCUT2D eigenvalue weighted by Crippen LogP contribution is -2.28. The van der Waals surface area contributed by atoms with Gasteiger partial charge in [0.05, 0.1) is 29.7 Å². The van der Waals surface area contributed by atoms with Crippen molar-refractivity contribution in [2.45, 2.75) is 32.7 Å². The topological polar surface area (TPSA) is 72.3 Å². The molecule has 140 valence electrons. The summed E-state index contributed by atoms with van der Waals surface area (Å²) in [5, 5.41) is 11.7. The van der Waals surface area contributed by atoms with Crippen LogP contribution in [0, 0.1) is 0 Å². The second kappa shape index (κ2) is 9.45. The highest BCUT2D eigenvalue weighted by atomic mass is 16.5. The zero-order valence-electron chi connectivity index (χ0n) is 15.4. The lowest BCUT2D eigenvalue weighted by atomic mass is 10.2. The van der Waals surface area contributed by atoms with Gasteiger partial charge >= 0.3 is 5.97 Å². The van der Waals surface area contributed by atoms with E-state index in [2.05, 4.69) is 27.5 Å². The fraction of sp³-hybridized carbons (Fsp3) is 0.526. The molecule has 1 saturated heterocycles. The van der Waals surface area contributed by atoms with E-state index in [1.165, 1.54) is 0 Å². The van der Waals surface area contributed by atoms with E-state index in [1.807, 2.05) is 23.0 Å². The van der Waals surface area contributed by atoms with Gasteiger partial charge in [-0.05, 0) is 50.2 Å². The Bertz CT molecular complexity index is 690. The number of unbranched alkanes of at least 4 members (excludes halogenated alkanes) is 1. The maximum Gasteiger partial charge on any atom is 0.338 e. The van der Waals surface area contributed by atoms with Crippen LogP contribution in [-0.2, 0) is 11.3 Å². The first-order valence-electron chi connectivity index (χ1n) is 9.38. The summed E-state index contributed by atoms with van der Waals surface area (Å²) >= 11 is 0. The van der Waals surface area contributed by atoms with Crippen LogP contribution in [0.1, 0.15) is 42.2 Å². The van der Waals surface area contributed by atoms with Gasteiger partial charge in [0, 0.05) is 19.6 Å². The highest BCUT2D eigenvalue weighted by Crippen LogP contribution is 2.14. The van der Waals surface area contributed by atoms with Crippen LogP contribution in [0.5, 0.6) is 0 Å². The zero-order valence-corrected chi connectivity index (χ0v) is 15.4. The van der Waals surface area contributed by atoms with Crippen molar-refractivity contribution < 1.29 is 9.53 Å². The van der Waals surface area contributed by atoms with Crippen LogP contribution in [-0.4, -0.2) is 58.6 Å². The van der Waals surface area contributed by atoms with Crippen LogP contribution in [0.2, 0.25) is 0 Å². The number of benzene rings is 1. The molecule has 0 atom stereocenters. The Morgan fingerprint density at radius 3 is 2.88 bits per heavy atom. The molecule has 1 aliphatic heterocycles. The van der Waals surface area contributed by atoms with E-state index in [0.717, 1.165) is 63.4 Å². The second-order valence-corrected chi connectivity index (χ2v) is 6.55. The van der Waals surface area contributed by atoms with Gasteiger partial charge in [0.25, 0.3) is 0 Å². The van der Waals surface area contributed by atoms with Crippen molar-refractivity contribution >= 4 is 5.97 Å². The van der Waals surface area contributed by atoms with Crippen LogP contribution in [0.25, 0.3) is 5.69 Å². The maximum absolute atomic E-state index is 12.0. The summed E-state index contributed by atoms with van der Waals surface area (Å²) in [5.41, 5.74) is 2.51. The molecule has 7 nitrogen and oxygen atoms in total. The Morgan fingerprint density at radius 2 is 2.08 bits per heavy atom. The highest BCUT2D eigenvalue weighted by molar-refractivity contribution is 5.89. The number of aromatic nitrogens is 3. The van der Waals surface area contributed by atoms with Gasteiger partial charge in [-0.1, -0.05) is 18.6 Å². The molecule has 26 heavy (non-hydrogen) atoms. The van der Waals surface area contributed by atoms with Crippen molar-refractivity contribution in [1.82, 2.24) is 25.2 Å². The number of hydrogen-bond acceptors (Lipinski definition) is 6. The fourth-order valence-electron chi connectivity index (χ4n) is 3.00. The van der Waals surface area contributed by atoms with Gasteiger partial charge < -0.3 is 10.1 Å². The van der Waals surface area contributed by atoms with E-state index < -0.39 is 0 Å². The maximum atomic E-state index is 12.0. The van der Waals surface area contributed by atoms with E-state index in [1.54, 1.807) is 12.1 Å². The molecule has 1 aliphatic rings. The van der Waals surface area contributed by atoms with Crippen molar-refractivity contribution in [1.29, 1.82) is 0 Å². The third-order valence-electron chi connectivity index (χ3n) is 4.52. The summed E-state index contributed by atoms with van der Waals surface area (Å²) in [4.78, 5) is 14.4. The average Bonchev–Trinajstić information content (AvgIpc) is 2.96. The molecule has 2 aromatic rings. The molecule has 7 heteroatoms. The van der Waals surface area contributed by atoms with E-state index >= 15 is 0 Å². The summed E-state index contributed by atoms with van der Waals surface area (Å²) in [7, 11) is 0. The minimum absolute atomic E-state index is 0.277. The summed E-state index contributed by atoms with van der Waals surface area (Å²) in [6.45, 7) is 7.53. The Morgan fingerprint density at radius 1 is 1.23 bits per heavy atom. The molecule has 1 N–H and O–H groups in total. The number of nitrogens with zero attached hydrogens (tertiary/aromatic N) is 4. The average molecular weight is 357 g/mol. The van der Waals surface area contributed by atoms with Crippen LogP contribution in [0.3, 0.4) is 0 Å². The highest BCUT2D eigenvalue weighted by Gasteiger charge is 2.14. The summed E-state index contributed by atoms with van der Waals surface area (Å²) < 4.78 is 7.09. The monoisotopic (exact) mass is 357 g/mol. The predicted octanol–water partition coefficient (Wildman–Crippen LogP) is 2.02. The lowest BCUT2D eigenvalue weighted by Gasteiger charge is -2.19. The molecule has 3 rings (SSSR count). The van der Waals surface area contributed by atoms with Crippen molar-refractivity contribution in [2.75, 3.05) is 32.8 Å². The number of carbonyl (C=O) groups excluding carboxylic acids is 1. The number of ether oxygens (including phenoxy) is 1. The van der Waals surface area contributed by atoms with E-state index in [0.29, 0.717) is 12.2 Å². The van der Waals surface area contributed by atoms with Gasteiger partial charge in [-0.15, -0.1) is 5.10 Å². The molecular weight excluding hydrogens is 330 g/mol. The molecule has 2 heterocycles. The van der Waals surface area contributed by atoms with Crippen LogP contribution >= 0.6 is 0 Å². The van der Waals surface area contributed by atoms with Crippen molar-refractivity contribution in [3.63, 3.8) is 0 Å². The molecule has 1 aromatic heterocycles. The Balaban J connectivity index is 1.66. The molecule has 0 spiro atoms.